The van der Waals surface area contributed by atoms with E-state index in [-0.39, 0.29) is 17.3 Å². The molecule has 1 amide bonds. The van der Waals surface area contributed by atoms with E-state index in [9.17, 15) is 9.18 Å². The summed E-state index contributed by atoms with van der Waals surface area (Å²) in [7, 11) is 0. The number of hydrogen-bond donors (Lipinski definition) is 2. The van der Waals surface area contributed by atoms with Crippen LogP contribution in [0.5, 0.6) is 0 Å². The zero-order valence-corrected chi connectivity index (χ0v) is 12.5. The van der Waals surface area contributed by atoms with Crippen molar-refractivity contribution in [1.82, 2.24) is 9.88 Å². The third-order valence-electron chi connectivity index (χ3n) is 2.71. The van der Waals surface area contributed by atoms with Gasteiger partial charge in [-0.3, -0.25) is 4.79 Å². The number of hydrazine groups is 1. The van der Waals surface area contributed by atoms with E-state index in [2.05, 4.69) is 10.4 Å². The Kier molecular flexibility index (Phi) is 5.88. The molecule has 20 heavy (non-hydrogen) atoms. The molecule has 1 rings (SSSR count). The number of nitrogen functional groups attached to an aromatic ring is 1. The van der Waals surface area contributed by atoms with Crippen LogP contribution in [0.2, 0.25) is 0 Å². The van der Waals surface area contributed by atoms with Gasteiger partial charge in [0.1, 0.15) is 0 Å². The van der Waals surface area contributed by atoms with Gasteiger partial charge in [0.2, 0.25) is 0 Å². The minimum atomic E-state index is -0.711. The zero-order chi connectivity index (χ0) is 15.3. The number of anilines is 1. The molecule has 0 bridgehead atoms. The second kappa shape index (κ2) is 7.19. The number of nitrogens with zero attached hydrogens (tertiary/aromatic N) is 2. The number of hydrogen-bond acceptors (Lipinski definition) is 4. The van der Waals surface area contributed by atoms with Crippen LogP contribution in [0.4, 0.5) is 10.2 Å². The Labute approximate surface area is 119 Å². The predicted molar refractivity (Wildman–Crippen MR) is 77.6 cm³/mol. The molecule has 1 heterocycles. The van der Waals surface area contributed by atoms with Gasteiger partial charge in [-0.15, -0.1) is 0 Å². The summed E-state index contributed by atoms with van der Waals surface area (Å²) in [5, 5.41) is 0. The first-order valence-corrected chi connectivity index (χ1v) is 6.77. The number of halogens is 1. The third-order valence-corrected chi connectivity index (χ3v) is 2.71. The maximum absolute atomic E-state index is 14.1. The highest BCUT2D eigenvalue weighted by atomic mass is 19.1. The van der Waals surface area contributed by atoms with E-state index in [4.69, 9.17) is 5.84 Å². The molecule has 5 nitrogen and oxygen atoms in total. The fraction of sp³-hybridized carbons (Fsp3) is 0.571. The predicted octanol–water partition coefficient (Wildman–Crippen LogP) is 2.26. The lowest BCUT2D eigenvalue weighted by Gasteiger charge is -2.26. The monoisotopic (exact) mass is 282 g/mol. The molecule has 0 saturated heterocycles. The Balaban J connectivity index is 3.05. The van der Waals surface area contributed by atoms with Crippen LogP contribution in [0.1, 0.15) is 38.1 Å². The molecule has 3 N–H and O–H groups in total. The van der Waals surface area contributed by atoms with Crippen LogP contribution in [0, 0.1) is 17.7 Å². The summed E-state index contributed by atoms with van der Waals surface area (Å²) in [6.07, 6.45) is 1.37. The average Bonchev–Trinajstić information content (AvgIpc) is 2.36. The number of carbonyl (C=O) groups excluding carboxylic acids is 1. The molecule has 1 aromatic heterocycles. The van der Waals surface area contributed by atoms with Crippen molar-refractivity contribution in [3.63, 3.8) is 0 Å². The van der Waals surface area contributed by atoms with E-state index >= 15 is 0 Å². The van der Waals surface area contributed by atoms with Gasteiger partial charge in [-0.1, -0.05) is 27.7 Å². The van der Waals surface area contributed by atoms with E-state index in [0.29, 0.717) is 24.9 Å². The first-order valence-electron chi connectivity index (χ1n) is 6.77. The van der Waals surface area contributed by atoms with Crippen molar-refractivity contribution in [2.45, 2.75) is 27.7 Å². The highest BCUT2D eigenvalue weighted by Gasteiger charge is 2.22. The molecular weight excluding hydrogens is 259 g/mol. The normalized spacial score (nSPS) is 11.0. The fourth-order valence-corrected chi connectivity index (χ4v) is 2.00. The number of rotatable bonds is 6. The molecule has 0 spiro atoms. The molecule has 0 atom stereocenters. The quantitative estimate of drug-likeness (QED) is 0.620. The third kappa shape index (κ3) is 4.16. The number of nitrogens with two attached hydrogens (primary N) is 1. The molecule has 112 valence electrons. The molecule has 0 fully saturated rings. The lowest BCUT2D eigenvalue weighted by atomic mass is 10.1. The molecule has 0 radical (unpaired) electrons. The number of amides is 1. The lowest BCUT2D eigenvalue weighted by Crippen LogP contribution is -2.37. The van der Waals surface area contributed by atoms with Crippen LogP contribution in [0.25, 0.3) is 0 Å². The standard InChI is InChI=1S/C14H23FN4O/c1-9(2)7-19(8-10(3)4)14(20)11-5-6-17-13(18-16)12(11)15/h5-6,9-10H,7-8,16H2,1-4H3,(H,17,18). The highest BCUT2D eigenvalue weighted by molar-refractivity contribution is 5.95. The van der Waals surface area contributed by atoms with E-state index in [1.165, 1.54) is 12.3 Å². The minimum Gasteiger partial charge on any atom is -0.338 e. The van der Waals surface area contributed by atoms with Crippen molar-refractivity contribution in [3.8, 4) is 0 Å². The van der Waals surface area contributed by atoms with Crippen molar-refractivity contribution in [2.75, 3.05) is 18.5 Å². The maximum atomic E-state index is 14.1. The SMILES string of the molecule is CC(C)CN(CC(C)C)C(=O)c1ccnc(NN)c1F. The summed E-state index contributed by atoms with van der Waals surface area (Å²) >= 11 is 0. The summed E-state index contributed by atoms with van der Waals surface area (Å²) < 4.78 is 14.1. The molecule has 6 heteroatoms. The van der Waals surface area contributed by atoms with Crippen LogP contribution in [-0.2, 0) is 0 Å². The van der Waals surface area contributed by atoms with Crippen LogP contribution in [0.15, 0.2) is 12.3 Å². The largest absolute Gasteiger partial charge is 0.338 e. The summed E-state index contributed by atoms with van der Waals surface area (Å²) in [5.74, 6) is 4.65. The van der Waals surface area contributed by atoms with Crippen molar-refractivity contribution < 1.29 is 9.18 Å². The van der Waals surface area contributed by atoms with Crippen LogP contribution < -0.4 is 11.3 Å². The second-order valence-corrected chi connectivity index (χ2v) is 5.66. The van der Waals surface area contributed by atoms with Gasteiger partial charge in [0.15, 0.2) is 11.6 Å². The smallest absolute Gasteiger partial charge is 0.257 e. The van der Waals surface area contributed by atoms with Crippen molar-refractivity contribution in [1.29, 1.82) is 0 Å². The Morgan fingerprint density at radius 1 is 1.35 bits per heavy atom. The topological polar surface area (TPSA) is 71.2 Å². The van der Waals surface area contributed by atoms with Gasteiger partial charge in [-0.25, -0.2) is 15.2 Å². The number of pyridine rings is 1. The molecule has 0 saturated carbocycles. The highest BCUT2D eigenvalue weighted by Crippen LogP contribution is 2.17. The molecular formula is C14H23FN4O. The molecule has 1 aromatic rings. The lowest BCUT2D eigenvalue weighted by molar-refractivity contribution is 0.0710. The minimum absolute atomic E-state index is 0.00532. The van der Waals surface area contributed by atoms with Gasteiger partial charge in [0, 0.05) is 19.3 Å². The number of carbonyl (C=O) groups is 1. The second-order valence-electron chi connectivity index (χ2n) is 5.66. The molecule has 0 aromatic carbocycles. The van der Waals surface area contributed by atoms with Gasteiger partial charge in [0.05, 0.1) is 5.56 Å². The Morgan fingerprint density at radius 2 is 1.90 bits per heavy atom. The molecule has 0 unspecified atom stereocenters. The van der Waals surface area contributed by atoms with E-state index in [0.717, 1.165) is 0 Å². The van der Waals surface area contributed by atoms with Crippen LogP contribution >= 0.6 is 0 Å². The summed E-state index contributed by atoms with van der Waals surface area (Å²) in [6, 6.07) is 1.38. The Morgan fingerprint density at radius 3 is 2.35 bits per heavy atom. The summed E-state index contributed by atoms with van der Waals surface area (Å²) in [6.45, 7) is 9.27. The average molecular weight is 282 g/mol. The molecule has 0 aliphatic rings. The van der Waals surface area contributed by atoms with Crippen LogP contribution in [0.3, 0.4) is 0 Å². The first-order chi connectivity index (χ1) is 9.36. The van der Waals surface area contributed by atoms with E-state index in [1.54, 1.807) is 4.90 Å². The van der Waals surface area contributed by atoms with Gasteiger partial charge in [0.25, 0.3) is 5.91 Å². The summed E-state index contributed by atoms with van der Waals surface area (Å²) in [4.78, 5) is 17.9. The van der Waals surface area contributed by atoms with Gasteiger partial charge < -0.3 is 10.3 Å². The van der Waals surface area contributed by atoms with Gasteiger partial charge in [-0.2, -0.15) is 0 Å². The maximum Gasteiger partial charge on any atom is 0.257 e. The zero-order valence-electron chi connectivity index (χ0n) is 12.5. The van der Waals surface area contributed by atoms with E-state index in [1.807, 2.05) is 27.7 Å². The first kappa shape index (κ1) is 16.4. The van der Waals surface area contributed by atoms with Crippen molar-refractivity contribution in [3.05, 3.63) is 23.6 Å². The van der Waals surface area contributed by atoms with Crippen molar-refractivity contribution >= 4 is 11.7 Å². The number of aromatic nitrogens is 1. The van der Waals surface area contributed by atoms with Crippen molar-refractivity contribution in [2.24, 2.45) is 17.7 Å². The van der Waals surface area contributed by atoms with E-state index < -0.39 is 5.82 Å². The van der Waals surface area contributed by atoms with Gasteiger partial charge >= 0.3 is 0 Å². The van der Waals surface area contributed by atoms with Gasteiger partial charge in [-0.05, 0) is 17.9 Å². The molecule has 0 aliphatic heterocycles. The van der Waals surface area contributed by atoms with Crippen LogP contribution in [-0.4, -0.2) is 28.9 Å². The fourth-order valence-electron chi connectivity index (χ4n) is 2.00. The molecule has 0 aliphatic carbocycles. The Hall–Kier alpha value is -1.69. The summed E-state index contributed by atoms with van der Waals surface area (Å²) in [5.41, 5.74) is 2.15. The Bertz CT molecular complexity index is 452. The number of nitrogens with one attached hydrogen (secondary N) is 1.